The second kappa shape index (κ2) is 5.35. The van der Waals surface area contributed by atoms with E-state index in [9.17, 15) is 14.9 Å². The van der Waals surface area contributed by atoms with Gasteiger partial charge in [-0.05, 0) is 18.6 Å². The molecular weight excluding hydrogens is 272 g/mol. The highest BCUT2D eigenvalue weighted by Gasteiger charge is 2.24. The highest BCUT2D eigenvalue weighted by molar-refractivity contribution is 5.92. The van der Waals surface area contributed by atoms with Gasteiger partial charge in [0.15, 0.2) is 0 Å². The lowest BCUT2D eigenvalue weighted by Crippen LogP contribution is -2.29. The maximum Gasteiger partial charge on any atom is 0.269 e. The van der Waals surface area contributed by atoms with Crippen molar-refractivity contribution in [3.8, 4) is 0 Å². The number of nitrogens with one attached hydrogen (secondary N) is 1. The van der Waals surface area contributed by atoms with Crippen LogP contribution in [0.5, 0.6) is 0 Å². The Labute approximate surface area is 120 Å². The lowest BCUT2D eigenvalue weighted by Gasteiger charge is -2.22. The number of hydrogen-bond acceptors (Lipinski definition) is 4. The Morgan fingerprint density at radius 1 is 1.38 bits per heavy atom. The number of benzene rings is 1. The molecule has 0 saturated carbocycles. The van der Waals surface area contributed by atoms with E-state index in [2.05, 4.69) is 14.9 Å². The summed E-state index contributed by atoms with van der Waals surface area (Å²) in [5.74, 6) is -0.152. The van der Waals surface area contributed by atoms with Gasteiger partial charge in [-0.3, -0.25) is 14.9 Å². The molecule has 2 heterocycles. The zero-order valence-electron chi connectivity index (χ0n) is 11.2. The molecule has 2 aromatic rings. The fourth-order valence-electron chi connectivity index (χ4n) is 2.50. The Balaban J connectivity index is 1.65. The Morgan fingerprint density at radius 3 is 2.86 bits per heavy atom. The molecular formula is C14H14N4O3. The van der Waals surface area contributed by atoms with Crippen molar-refractivity contribution in [2.75, 3.05) is 5.32 Å². The van der Waals surface area contributed by atoms with Crippen LogP contribution in [0.15, 0.2) is 36.8 Å². The first-order valence-electron chi connectivity index (χ1n) is 6.68. The second-order valence-corrected chi connectivity index (χ2v) is 5.06. The van der Waals surface area contributed by atoms with Crippen molar-refractivity contribution < 1.29 is 9.72 Å². The first-order chi connectivity index (χ1) is 10.1. The number of nitro benzene ring substituents is 1. The summed E-state index contributed by atoms with van der Waals surface area (Å²) < 4.78 is 2.05. The van der Waals surface area contributed by atoms with E-state index in [-0.39, 0.29) is 17.5 Å². The lowest BCUT2D eigenvalue weighted by atomic mass is 9.95. The van der Waals surface area contributed by atoms with Crippen molar-refractivity contribution in [3.63, 3.8) is 0 Å². The number of hydrogen-bond donors (Lipinski definition) is 1. The number of aryl methyl sites for hydroxylation is 1. The van der Waals surface area contributed by atoms with Gasteiger partial charge < -0.3 is 9.88 Å². The van der Waals surface area contributed by atoms with Crippen LogP contribution in [-0.4, -0.2) is 20.4 Å². The molecule has 0 saturated heterocycles. The molecule has 7 nitrogen and oxygen atoms in total. The minimum absolute atomic E-state index is 0.00886. The zero-order valence-corrected chi connectivity index (χ0v) is 11.2. The number of anilines is 1. The van der Waals surface area contributed by atoms with Crippen molar-refractivity contribution in [2.24, 2.45) is 5.92 Å². The Bertz CT molecular complexity index is 678. The van der Waals surface area contributed by atoms with Crippen molar-refractivity contribution in [2.45, 2.75) is 19.4 Å². The molecule has 0 fully saturated rings. The van der Waals surface area contributed by atoms with Gasteiger partial charge in [-0.25, -0.2) is 4.98 Å². The van der Waals surface area contributed by atoms with Gasteiger partial charge in [0.2, 0.25) is 5.91 Å². The van der Waals surface area contributed by atoms with E-state index >= 15 is 0 Å². The number of rotatable bonds is 3. The van der Waals surface area contributed by atoms with E-state index in [1.54, 1.807) is 24.7 Å². The summed E-state index contributed by atoms with van der Waals surface area (Å²) in [7, 11) is 0. The first-order valence-corrected chi connectivity index (χ1v) is 6.68. The highest BCUT2D eigenvalue weighted by Crippen LogP contribution is 2.22. The van der Waals surface area contributed by atoms with Gasteiger partial charge in [0, 0.05) is 48.6 Å². The number of non-ortho nitro benzene ring substituents is 1. The lowest BCUT2D eigenvalue weighted by molar-refractivity contribution is -0.384. The maximum absolute atomic E-state index is 12.2. The largest absolute Gasteiger partial charge is 0.335 e. The fraction of sp³-hybridized carbons (Fsp3) is 0.286. The molecule has 1 aliphatic rings. The molecule has 108 valence electrons. The summed E-state index contributed by atoms with van der Waals surface area (Å²) >= 11 is 0. The number of nitro groups is 1. The SMILES string of the molecule is O=C(Nc1ccc([N+](=O)[O-])cc1)C1CCn2cncc2C1. The van der Waals surface area contributed by atoms with Gasteiger partial charge in [0.25, 0.3) is 5.69 Å². The molecule has 1 amide bonds. The van der Waals surface area contributed by atoms with E-state index in [4.69, 9.17) is 0 Å². The monoisotopic (exact) mass is 286 g/mol. The minimum atomic E-state index is -0.464. The van der Waals surface area contributed by atoms with Gasteiger partial charge in [-0.2, -0.15) is 0 Å². The quantitative estimate of drug-likeness (QED) is 0.690. The van der Waals surface area contributed by atoms with Crippen LogP contribution in [0.4, 0.5) is 11.4 Å². The molecule has 1 N–H and O–H groups in total. The van der Waals surface area contributed by atoms with Crippen LogP contribution in [0.25, 0.3) is 0 Å². The molecule has 0 radical (unpaired) electrons. The van der Waals surface area contributed by atoms with Gasteiger partial charge in [-0.1, -0.05) is 0 Å². The number of carbonyl (C=O) groups excluding carboxylic acids is 1. The van der Waals surface area contributed by atoms with Gasteiger partial charge in [0.1, 0.15) is 0 Å². The maximum atomic E-state index is 12.2. The Hall–Kier alpha value is -2.70. The molecule has 1 atom stereocenters. The van der Waals surface area contributed by atoms with Crippen LogP contribution in [0.2, 0.25) is 0 Å². The third-order valence-electron chi connectivity index (χ3n) is 3.69. The molecule has 0 aliphatic carbocycles. The van der Waals surface area contributed by atoms with E-state index < -0.39 is 4.92 Å². The summed E-state index contributed by atoms with van der Waals surface area (Å²) in [6.07, 6.45) is 4.99. The summed E-state index contributed by atoms with van der Waals surface area (Å²) in [5.41, 5.74) is 1.64. The molecule has 1 aliphatic heterocycles. The predicted octanol–water partition coefficient (Wildman–Crippen LogP) is 1.99. The van der Waals surface area contributed by atoms with Crippen LogP contribution in [0.3, 0.4) is 0 Å². The third kappa shape index (κ3) is 2.76. The standard InChI is InChI=1S/C14H14N4O3/c19-14(10-5-6-17-9-15-8-13(17)7-10)16-11-1-3-12(4-2-11)18(20)21/h1-4,8-10H,5-7H2,(H,16,19). The van der Waals surface area contributed by atoms with Gasteiger partial charge in [-0.15, -0.1) is 0 Å². The number of aromatic nitrogens is 2. The minimum Gasteiger partial charge on any atom is -0.335 e. The molecule has 0 spiro atoms. The molecule has 0 bridgehead atoms. The summed E-state index contributed by atoms with van der Waals surface area (Å²) in [6.45, 7) is 0.785. The topological polar surface area (TPSA) is 90.1 Å². The number of imidazole rings is 1. The Morgan fingerprint density at radius 2 is 2.14 bits per heavy atom. The summed E-state index contributed by atoms with van der Waals surface area (Å²) in [5, 5.41) is 13.4. The van der Waals surface area contributed by atoms with Crippen LogP contribution < -0.4 is 5.32 Å². The Kier molecular flexibility index (Phi) is 3.39. The van der Waals surface area contributed by atoms with Crippen LogP contribution in [0, 0.1) is 16.0 Å². The van der Waals surface area contributed by atoms with E-state index in [1.165, 1.54) is 12.1 Å². The van der Waals surface area contributed by atoms with E-state index in [0.717, 1.165) is 18.7 Å². The molecule has 3 rings (SSSR count). The average Bonchev–Trinajstić information content (AvgIpc) is 2.95. The first kappa shape index (κ1) is 13.3. The fourth-order valence-corrected chi connectivity index (χ4v) is 2.50. The molecule has 1 aromatic heterocycles. The molecule has 7 heteroatoms. The van der Waals surface area contributed by atoms with Gasteiger partial charge >= 0.3 is 0 Å². The molecule has 21 heavy (non-hydrogen) atoms. The number of amides is 1. The van der Waals surface area contributed by atoms with Crippen LogP contribution >= 0.6 is 0 Å². The third-order valence-corrected chi connectivity index (χ3v) is 3.69. The number of nitrogens with zero attached hydrogens (tertiary/aromatic N) is 3. The van der Waals surface area contributed by atoms with Crippen molar-refractivity contribution in [1.29, 1.82) is 0 Å². The average molecular weight is 286 g/mol. The molecule has 1 aromatic carbocycles. The normalized spacial score (nSPS) is 17.0. The molecule has 1 unspecified atom stereocenters. The van der Waals surface area contributed by atoms with Crippen LogP contribution in [0.1, 0.15) is 12.1 Å². The van der Waals surface area contributed by atoms with E-state index in [1.807, 2.05) is 0 Å². The zero-order chi connectivity index (χ0) is 14.8. The van der Waals surface area contributed by atoms with E-state index in [0.29, 0.717) is 12.1 Å². The smallest absolute Gasteiger partial charge is 0.269 e. The predicted molar refractivity (Wildman–Crippen MR) is 75.8 cm³/mol. The summed E-state index contributed by atoms with van der Waals surface area (Å²) in [4.78, 5) is 26.4. The highest BCUT2D eigenvalue weighted by atomic mass is 16.6. The van der Waals surface area contributed by atoms with Crippen molar-refractivity contribution >= 4 is 17.3 Å². The van der Waals surface area contributed by atoms with Crippen LogP contribution in [-0.2, 0) is 17.8 Å². The second-order valence-electron chi connectivity index (χ2n) is 5.06. The number of carbonyl (C=O) groups is 1. The summed E-state index contributed by atoms with van der Waals surface area (Å²) in [6, 6.07) is 5.85. The van der Waals surface area contributed by atoms with Crippen molar-refractivity contribution in [1.82, 2.24) is 9.55 Å². The number of fused-ring (bicyclic) bond motifs is 1. The van der Waals surface area contributed by atoms with Crippen molar-refractivity contribution in [3.05, 3.63) is 52.6 Å². The van der Waals surface area contributed by atoms with Gasteiger partial charge in [0.05, 0.1) is 11.3 Å².